The van der Waals surface area contributed by atoms with E-state index in [1.807, 2.05) is 25.1 Å². The highest BCUT2D eigenvalue weighted by Gasteiger charge is 2.29. The van der Waals surface area contributed by atoms with Crippen LogP contribution in [0.4, 0.5) is 5.82 Å². The van der Waals surface area contributed by atoms with Crippen LogP contribution in [0.3, 0.4) is 0 Å². The molecule has 2 aromatic rings. The monoisotopic (exact) mass is 368 g/mol. The maximum atomic E-state index is 11.9. The molecule has 0 bridgehead atoms. The molecule has 1 aromatic heterocycles. The fourth-order valence-electron chi connectivity index (χ4n) is 3.40. The minimum absolute atomic E-state index is 0.0591. The summed E-state index contributed by atoms with van der Waals surface area (Å²) in [5, 5.41) is 1.62. The standard InChI is InChI=1S/C16H21ClN4O2S/c1-3-21(24(2,22)23)13-6-8-20(9-7-13)16-14-5-4-12(17)10-15(14)18-11-19-16/h4-5,10-11,13H,3,6-9H2,1-2H3. The summed E-state index contributed by atoms with van der Waals surface area (Å²) >= 11 is 6.03. The van der Waals surface area contributed by atoms with Gasteiger partial charge < -0.3 is 4.90 Å². The second-order valence-corrected chi connectivity index (χ2v) is 8.41. The van der Waals surface area contributed by atoms with E-state index in [9.17, 15) is 8.42 Å². The van der Waals surface area contributed by atoms with Crippen molar-refractivity contribution in [2.45, 2.75) is 25.8 Å². The van der Waals surface area contributed by atoms with Crippen molar-refractivity contribution in [2.24, 2.45) is 0 Å². The van der Waals surface area contributed by atoms with Gasteiger partial charge in [-0.15, -0.1) is 0 Å². The number of aromatic nitrogens is 2. The number of sulfonamides is 1. The van der Waals surface area contributed by atoms with E-state index in [1.165, 1.54) is 6.26 Å². The molecule has 0 N–H and O–H groups in total. The molecule has 0 atom stereocenters. The number of anilines is 1. The van der Waals surface area contributed by atoms with E-state index in [-0.39, 0.29) is 6.04 Å². The average molecular weight is 369 g/mol. The Balaban J connectivity index is 1.80. The van der Waals surface area contributed by atoms with Crippen molar-refractivity contribution in [3.63, 3.8) is 0 Å². The molecule has 1 aliphatic heterocycles. The lowest BCUT2D eigenvalue weighted by Crippen LogP contribution is -2.47. The van der Waals surface area contributed by atoms with Crippen LogP contribution >= 0.6 is 11.6 Å². The lowest BCUT2D eigenvalue weighted by atomic mass is 10.0. The molecule has 24 heavy (non-hydrogen) atoms. The van der Waals surface area contributed by atoms with Crippen LogP contribution in [0.5, 0.6) is 0 Å². The molecule has 1 aliphatic rings. The molecule has 0 aliphatic carbocycles. The normalized spacial score (nSPS) is 16.9. The van der Waals surface area contributed by atoms with Crippen molar-refractivity contribution in [3.05, 3.63) is 29.5 Å². The first kappa shape index (κ1) is 17.4. The average Bonchev–Trinajstić information content (AvgIpc) is 2.54. The molecule has 1 aromatic carbocycles. The van der Waals surface area contributed by atoms with Crippen LogP contribution in [-0.4, -0.2) is 54.6 Å². The Hall–Kier alpha value is -1.44. The second-order valence-electron chi connectivity index (χ2n) is 6.04. The number of rotatable bonds is 4. The fraction of sp³-hybridized carbons (Fsp3) is 0.500. The third-order valence-electron chi connectivity index (χ3n) is 4.49. The van der Waals surface area contributed by atoms with Crippen molar-refractivity contribution < 1.29 is 8.42 Å². The topological polar surface area (TPSA) is 66.4 Å². The zero-order valence-corrected chi connectivity index (χ0v) is 15.4. The molecule has 1 saturated heterocycles. The van der Waals surface area contributed by atoms with E-state index >= 15 is 0 Å². The second kappa shape index (κ2) is 6.82. The number of nitrogens with zero attached hydrogens (tertiary/aromatic N) is 4. The quantitative estimate of drug-likeness (QED) is 0.829. The van der Waals surface area contributed by atoms with Gasteiger partial charge >= 0.3 is 0 Å². The third-order valence-corrected chi connectivity index (χ3v) is 6.13. The van der Waals surface area contributed by atoms with Gasteiger partial charge in [0.15, 0.2) is 0 Å². The summed E-state index contributed by atoms with van der Waals surface area (Å²) in [5.74, 6) is 0.887. The van der Waals surface area contributed by atoms with Gasteiger partial charge in [-0.1, -0.05) is 18.5 Å². The fourth-order valence-corrected chi connectivity index (χ4v) is 4.78. The van der Waals surface area contributed by atoms with Gasteiger partial charge in [-0.3, -0.25) is 0 Å². The molecule has 2 heterocycles. The molecule has 0 saturated carbocycles. The van der Waals surface area contributed by atoms with Gasteiger partial charge in [-0.2, -0.15) is 4.31 Å². The van der Waals surface area contributed by atoms with E-state index in [4.69, 9.17) is 11.6 Å². The summed E-state index contributed by atoms with van der Waals surface area (Å²) < 4.78 is 25.4. The van der Waals surface area contributed by atoms with Crippen molar-refractivity contribution in [1.82, 2.24) is 14.3 Å². The first-order valence-electron chi connectivity index (χ1n) is 8.02. The number of halogens is 1. The molecular weight excluding hydrogens is 348 g/mol. The highest BCUT2D eigenvalue weighted by Crippen LogP contribution is 2.28. The Labute approximate surface area is 147 Å². The molecule has 0 radical (unpaired) electrons. The molecule has 0 unspecified atom stereocenters. The molecule has 130 valence electrons. The lowest BCUT2D eigenvalue weighted by molar-refractivity contribution is 0.285. The largest absolute Gasteiger partial charge is 0.356 e. The molecule has 6 nitrogen and oxygen atoms in total. The molecule has 0 spiro atoms. The lowest BCUT2D eigenvalue weighted by Gasteiger charge is -2.37. The predicted octanol–water partition coefficient (Wildman–Crippen LogP) is 2.53. The maximum absolute atomic E-state index is 11.9. The molecule has 3 rings (SSSR count). The van der Waals surface area contributed by atoms with Crippen molar-refractivity contribution in [1.29, 1.82) is 0 Å². The van der Waals surface area contributed by atoms with E-state index < -0.39 is 10.0 Å². The van der Waals surface area contributed by atoms with Crippen LogP contribution in [0.1, 0.15) is 19.8 Å². The Bertz CT molecular complexity index is 835. The van der Waals surface area contributed by atoms with Crippen molar-refractivity contribution in [2.75, 3.05) is 30.8 Å². The van der Waals surface area contributed by atoms with Gasteiger partial charge in [0.05, 0.1) is 11.8 Å². The highest BCUT2D eigenvalue weighted by atomic mass is 35.5. The number of hydrogen-bond acceptors (Lipinski definition) is 5. The molecular formula is C16H21ClN4O2S. The summed E-state index contributed by atoms with van der Waals surface area (Å²) in [6.07, 6.45) is 4.42. The predicted molar refractivity (Wildman–Crippen MR) is 97.0 cm³/mol. The first-order chi connectivity index (χ1) is 11.4. The minimum atomic E-state index is -3.16. The van der Waals surface area contributed by atoms with Crippen molar-refractivity contribution >= 4 is 38.3 Å². The van der Waals surface area contributed by atoms with Gasteiger partial charge in [-0.05, 0) is 31.0 Å². The van der Waals surface area contributed by atoms with Crippen LogP contribution < -0.4 is 4.90 Å². The van der Waals surface area contributed by atoms with Crippen LogP contribution in [0, 0.1) is 0 Å². The molecule has 0 amide bonds. The summed E-state index contributed by atoms with van der Waals surface area (Å²) in [7, 11) is -3.16. The number of benzene rings is 1. The van der Waals surface area contributed by atoms with Gasteiger partial charge in [-0.25, -0.2) is 18.4 Å². The Morgan fingerprint density at radius 2 is 2.00 bits per heavy atom. The van der Waals surface area contributed by atoms with Gasteiger partial charge in [0.2, 0.25) is 10.0 Å². The smallest absolute Gasteiger partial charge is 0.211 e. The van der Waals surface area contributed by atoms with Crippen LogP contribution in [0.15, 0.2) is 24.5 Å². The summed E-state index contributed by atoms with van der Waals surface area (Å²) in [5.41, 5.74) is 0.820. The van der Waals surface area contributed by atoms with Crippen LogP contribution in [0.25, 0.3) is 10.9 Å². The number of fused-ring (bicyclic) bond motifs is 1. The Morgan fingerprint density at radius 3 is 2.62 bits per heavy atom. The van der Waals surface area contributed by atoms with E-state index in [1.54, 1.807) is 10.6 Å². The Morgan fingerprint density at radius 1 is 1.29 bits per heavy atom. The third kappa shape index (κ3) is 3.48. The Kier molecular flexibility index (Phi) is 4.94. The van der Waals surface area contributed by atoms with E-state index in [0.717, 1.165) is 42.7 Å². The van der Waals surface area contributed by atoms with Gasteiger partial charge in [0, 0.05) is 36.1 Å². The molecule has 8 heteroatoms. The summed E-state index contributed by atoms with van der Waals surface area (Å²) in [6, 6.07) is 5.67. The number of piperidine rings is 1. The maximum Gasteiger partial charge on any atom is 0.211 e. The molecule has 1 fully saturated rings. The van der Waals surface area contributed by atoms with Gasteiger partial charge in [0.25, 0.3) is 0 Å². The van der Waals surface area contributed by atoms with Gasteiger partial charge in [0.1, 0.15) is 12.1 Å². The highest BCUT2D eigenvalue weighted by molar-refractivity contribution is 7.88. The van der Waals surface area contributed by atoms with E-state index in [0.29, 0.717) is 11.6 Å². The van der Waals surface area contributed by atoms with Crippen LogP contribution in [0.2, 0.25) is 5.02 Å². The zero-order valence-electron chi connectivity index (χ0n) is 13.8. The van der Waals surface area contributed by atoms with E-state index in [2.05, 4.69) is 14.9 Å². The zero-order chi connectivity index (χ0) is 17.3. The first-order valence-corrected chi connectivity index (χ1v) is 10.2. The number of hydrogen-bond donors (Lipinski definition) is 0. The van der Waals surface area contributed by atoms with Crippen molar-refractivity contribution in [3.8, 4) is 0 Å². The summed E-state index contributed by atoms with van der Waals surface area (Å²) in [4.78, 5) is 10.9. The van der Waals surface area contributed by atoms with Crippen LogP contribution in [-0.2, 0) is 10.0 Å². The SMILES string of the molecule is CCN(C1CCN(c2ncnc3cc(Cl)ccc23)CC1)S(C)(=O)=O. The summed E-state index contributed by atoms with van der Waals surface area (Å²) in [6.45, 7) is 3.93. The minimum Gasteiger partial charge on any atom is -0.356 e.